The summed E-state index contributed by atoms with van der Waals surface area (Å²) in [6, 6.07) is 0. The Morgan fingerprint density at radius 2 is 1.67 bits per heavy atom. The Labute approximate surface area is 126 Å². The van der Waals surface area contributed by atoms with E-state index in [0.717, 1.165) is 13.1 Å². The van der Waals surface area contributed by atoms with Crippen LogP contribution in [-0.2, 0) is 14.9 Å². The number of hydrogen-bond donors (Lipinski definition) is 1. The van der Waals surface area contributed by atoms with Gasteiger partial charge in [0.2, 0.25) is 0 Å². The van der Waals surface area contributed by atoms with E-state index in [1.165, 1.54) is 21.5 Å². The summed E-state index contributed by atoms with van der Waals surface area (Å²) < 4.78 is 33.3. The van der Waals surface area contributed by atoms with E-state index in [9.17, 15) is 13.5 Å². The Morgan fingerprint density at radius 1 is 1.00 bits per heavy atom. The van der Waals surface area contributed by atoms with E-state index in [0.29, 0.717) is 45.8 Å². The Morgan fingerprint density at radius 3 is 2.33 bits per heavy atom. The number of rotatable bonds is 4. The van der Waals surface area contributed by atoms with Crippen LogP contribution in [-0.4, -0.2) is 91.7 Å². The van der Waals surface area contributed by atoms with Gasteiger partial charge in [0.25, 0.3) is 10.2 Å². The van der Waals surface area contributed by atoms with Gasteiger partial charge in [0, 0.05) is 32.7 Å². The Bertz CT molecular complexity index is 460. The predicted molar refractivity (Wildman–Crippen MR) is 78.1 cm³/mol. The van der Waals surface area contributed by atoms with Gasteiger partial charge in [-0.05, 0) is 32.4 Å². The summed E-state index contributed by atoms with van der Waals surface area (Å²) in [6.07, 6.45) is 2.87. The summed E-state index contributed by atoms with van der Waals surface area (Å²) in [4.78, 5) is 2.24. The fourth-order valence-corrected chi connectivity index (χ4v) is 5.11. The molecule has 8 heteroatoms. The molecule has 0 aromatic carbocycles. The minimum absolute atomic E-state index is 0.211. The van der Waals surface area contributed by atoms with Crippen molar-refractivity contribution in [1.29, 1.82) is 0 Å². The molecule has 7 nitrogen and oxygen atoms in total. The van der Waals surface area contributed by atoms with Gasteiger partial charge < -0.3 is 14.7 Å². The van der Waals surface area contributed by atoms with Crippen LogP contribution in [0, 0.1) is 0 Å². The van der Waals surface area contributed by atoms with Crippen molar-refractivity contribution in [2.45, 2.75) is 24.9 Å². The number of likely N-dealkylation sites (tertiary alicyclic amines) is 1. The molecule has 0 saturated carbocycles. The Balaban J connectivity index is 1.62. The lowest BCUT2D eigenvalue weighted by atomic mass is 10.0. The van der Waals surface area contributed by atoms with Crippen molar-refractivity contribution in [3.8, 4) is 0 Å². The zero-order valence-electron chi connectivity index (χ0n) is 12.4. The van der Waals surface area contributed by atoms with Gasteiger partial charge >= 0.3 is 0 Å². The van der Waals surface area contributed by atoms with Crippen molar-refractivity contribution < 1.29 is 18.3 Å². The van der Waals surface area contributed by atoms with Gasteiger partial charge in [-0.25, -0.2) is 0 Å². The van der Waals surface area contributed by atoms with Crippen LogP contribution < -0.4 is 0 Å². The molecule has 0 radical (unpaired) electrons. The molecule has 0 aliphatic carbocycles. The number of nitrogens with zero attached hydrogens (tertiary/aromatic N) is 3. The fraction of sp³-hybridized carbons (Fsp3) is 1.00. The van der Waals surface area contributed by atoms with Gasteiger partial charge in [-0.2, -0.15) is 17.0 Å². The maximum atomic E-state index is 12.6. The van der Waals surface area contributed by atoms with E-state index in [1.54, 1.807) is 0 Å². The number of aliphatic hydroxyl groups is 1. The maximum Gasteiger partial charge on any atom is 0.282 e. The molecule has 3 heterocycles. The summed E-state index contributed by atoms with van der Waals surface area (Å²) in [5.74, 6) is 0. The topological polar surface area (TPSA) is 73.3 Å². The van der Waals surface area contributed by atoms with Gasteiger partial charge in [0.15, 0.2) is 0 Å². The molecule has 0 aromatic rings. The zero-order chi connectivity index (χ0) is 14.9. The highest BCUT2D eigenvalue weighted by atomic mass is 32.2. The molecule has 0 amide bonds. The third-order valence-corrected chi connectivity index (χ3v) is 6.62. The second kappa shape index (κ2) is 6.10. The summed E-state index contributed by atoms with van der Waals surface area (Å²) in [6.45, 7) is 4.94. The van der Waals surface area contributed by atoms with Crippen molar-refractivity contribution in [1.82, 2.24) is 13.5 Å². The smallest absolute Gasteiger partial charge is 0.282 e. The van der Waals surface area contributed by atoms with E-state index < -0.39 is 15.8 Å². The van der Waals surface area contributed by atoms with Crippen LogP contribution in [0.5, 0.6) is 0 Å². The van der Waals surface area contributed by atoms with Crippen LogP contribution in [0.1, 0.15) is 19.3 Å². The second-order valence-electron chi connectivity index (χ2n) is 6.31. The van der Waals surface area contributed by atoms with Crippen molar-refractivity contribution in [3.63, 3.8) is 0 Å². The maximum absolute atomic E-state index is 12.6. The van der Waals surface area contributed by atoms with E-state index in [2.05, 4.69) is 4.90 Å². The molecular formula is C13H25N3O4S. The van der Waals surface area contributed by atoms with Gasteiger partial charge in [0.05, 0.1) is 18.8 Å². The molecule has 1 N–H and O–H groups in total. The second-order valence-corrected chi connectivity index (χ2v) is 8.24. The molecule has 3 fully saturated rings. The summed E-state index contributed by atoms with van der Waals surface area (Å²) in [7, 11) is -3.46. The lowest BCUT2D eigenvalue weighted by Crippen LogP contribution is -2.50. The SMILES string of the molecule is O=S(=O)(N1CCOCC1)N1CCC(O)(CN2CCCC2)C1. The number of morpholine rings is 1. The summed E-state index contributed by atoms with van der Waals surface area (Å²) >= 11 is 0. The molecule has 3 aliphatic heterocycles. The molecule has 0 aromatic heterocycles. The Kier molecular flexibility index (Phi) is 4.54. The third kappa shape index (κ3) is 3.40. The molecule has 3 rings (SSSR count). The standard InChI is InChI=1S/C13H25N3O4S/c17-13(11-14-4-1-2-5-14)3-6-16(12-13)21(18,19)15-7-9-20-10-8-15/h17H,1-12H2. The Hall–Kier alpha value is -0.250. The van der Waals surface area contributed by atoms with E-state index >= 15 is 0 Å². The lowest BCUT2D eigenvalue weighted by Gasteiger charge is -2.32. The fourth-order valence-electron chi connectivity index (χ4n) is 3.44. The highest BCUT2D eigenvalue weighted by Crippen LogP contribution is 2.27. The van der Waals surface area contributed by atoms with Crippen LogP contribution in [0.2, 0.25) is 0 Å². The van der Waals surface area contributed by atoms with Gasteiger partial charge in [-0.3, -0.25) is 0 Å². The van der Waals surface area contributed by atoms with Crippen LogP contribution >= 0.6 is 0 Å². The quantitative estimate of drug-likeness (QED) is 0.727. The number of β-amino-alcohol motifs (C(OH)–C–C–N with tert-alkyl or cyclic N) is 1. The van der Waals surface area contributed by atoms with E-state index in [-0.39, 0.29) is 6.54 Å². The average Bonchev–Trinajstić information content (AvgIpc) is 3.10. The summed E-state index contributed by atoms with van der Waals surface area (Å²) in [5.41, 5.74) is -0.899. The molecule has 122 valence electrons. The number of ether oxygens (including phenoxy) is 1. The molecule has 3 aliphatic rings. The molecular weight excluding hydrogens is 294 g/mol. The molecule has 1 unspecified atom stereocenters. The summed E-state index contributed by atoms with van der Waals surface area (Å²) in [5, 5.41) is 10.7. The minimum atomic E-state index is -3.46. The first kappa shape index (κ1) is 15.6. The highest BCUT2D eigenvalue weighted by molar-refractivity contribution is 7.86. The van der Waals surface area contributed by atoms with Crippen LogP contribution in [0.4, 0.5) is 0 Å². The number of hydrogen-bond acceptors (Lipinski definition) is 5. The van der Waals surface area contributed by atoms with Crippen molar-refractivity contribution in [3.05, 3.63) is 0 Å². The van der Waals surface area contributed by atoms with Gasteiger partial charge in [-0.1, -0.05) is 0 Å². The van der Waals surface area contributed by atoms with Gasteiger partial charge in [-0.15, -0.1) is 0 Å². The average molecular weight is 319 g/mol. The highest BCUT2D eigenvalue weighted by Gasteiger charge is 2.44. The first-order chi connectivity index (χ1) is 10.00. The zero-order valence-corrected chi connectivity index (χ0v) is 13.2. The van der Waals surface area contributed by atoms with Crippen molar-refractivity contribution >= 4 is 10.2 Å². The first-order valence-electron chi connectivity index (χ1n) is 7.77. The van der Waals surface area contributed by atoms with E-state index in [4.69, 9.17) is 4.74 Å². The predicted octanol–water partition coefficient (Wildman–Crippen LogP) is -0.904. The van der Waals surface area contributed by atoms with Crippen LogP contribution in [0.15, 0.2) is 0 Å². The van der Waals surface area contributed by atoms with Crippen molar-refractivity contribution in [2.75, 3.05) is 59.0 Å². The molecule has 0 spiro atoms. The molecule has 3 saturated heterocycles. The monoisotopic (exact) mass is 319 g/mol. The third-order valence-electron chi connectivity index (χ3n) is 4.64. The first-order valence-corrected chi connectivity index (χ1v) is 9.17. The van der Waals surface area contributed by atoms with Gasteiger partial charge in [0.1, 0.15) is 0 Å². The van der Waals surface area contributed by atoms with E-state index in [1.807, 2.05) is 0 Å². The van der Waals surface area contributed by atoms with Crippen molar-refractivity contribution in [2.24, 2.45) is 0 Å². The van der Waals surface area contributed by atoms with Crippen LogP contribution in [0.3, 0.4) is 0 Å². The molecule has 0 bridgehead atoms. The normalized spacial score (nSPS) is 33.8. The molecule has 21 heavy (non-hydrogen) atoms. The minimum Gasteiger partial charge on any atom is -0.387 e. The van der Waals surface area contributed by atoms with Crippen LogP contribution in [0.25, 0.3) is 0 Å². The largest absolute Gasteiger partial charge is 0.387 e. The molecule has 1 atom stereocenters. The lowest BCUT2D eigenvalue weighted by molar-refractivity contribution is 0.0223.